The number of carboxylic acids is 1. The lowest BCUT2D eigenvalue weighted by molar-refractivity contribution is -0.147. The molecule has 5 nitrogen and oxygen atoms in total. The summed E-state index contributed by atoms with van der Waals surface area (Å²) in [5.74, 6) is -1.00. The van der Waals surface area contributed by atoms with Crippen LogP contribution in [-0.4, -0.2) is 41.0 Å². The Hall–Kier alpha value is -1.10. The van der Waals surface area contributed by atoms with Crippen molar-refractivity contribution in [1.82, 2.24) is 4.90 Å². The molecule has 1 heterocycles. The Morgan fingerprint density at radius 3 is 2.29 bits per heavy atom. The third-order valence-electron chi connectivity index (χ3n) is 3.50. The molecule has 1 saturated heterocycles. The molecule has 5 heteroatoms. The molecule has 1 aliphatic heterocycles. The molecule has 1 rings (SSSR count). The number of hydrogen-bond donors (Lipinski definition) is 2. The first-order chi connectivity index (χ1) is 7.58. The molecule has 0 aromatic heterocycles. The van der Waals surface area contributed by atoms with Crippen molar-refractivity contribution in [2.24, 2.45) is 16.6 Å². The highest BCUT2D eigenvalue weighted by Crippen LogP contribution is 2.31. The first-order valence-corrected chi connectivity index (χ1v) is 5.86. The number of carbonyl (C=O) groups excluding carboxylic acids is 1. The molecule has 1 amide bonds. The van der Waals surface area contributed by atoms with Gasteiger partial charge in [0.25, 0.3) is 0 Å². The summed E-state index contributed by atoms with van der Waals surface area (Å²) in [5, 5.41) is 9.10. The van der Waals surface area contributed by atoms with Crippen LogP contribution in [0.3, 0.4) is 0 Å². The van der Waals surface area contributed by atoms with Gasteiger partial charge in [0.2, 0.25) is 5.91 Å². The van der Waals surface area contributed by atoms with Gasteiger partial charge in [0.15, 0.2) is 0 Å². The van der Waals surface area contributed by atoms with Crippen molar-refractivity contribution in [2.75, 3.05) is 13.1 Å². The maximum atomic E-state index is 12.1. The minimum absolute atomic E-state index is 0.150. The number of carboxylic acid groups (broad SMARTS) is 1. The van der Waals surface area contributed by atoms with Crippen LogP contribution in [0.15, 0.2) is 0 Å². The van der Waals surface area contributed by atoms with Crippen LogP contribution in [0.5, 0.6) is 0 Å². The van der Waals surface area contributed by atoms with Gasteiger partial charge in [0.1, 0.15) is 0 Å². The quantitative estimate of drug-likeness (QED) is 0.746. The molecule has 2 unspecified atom stereocenters. The Kier molecular flexibility index (Phi) is 3.52. The summed E-state index contributed by atoms with van der Waals surface area (Å²) in [7, 11) is 0. The van der Waals surface area contributed by atoms with Crippen LogP contribution in [0.4, 0.5) is 0 Å². The van der Waals surface area contributed by atoms with E-state index in [9.17, 15) is 9.59 Å². The summed E-state index contributed by atoms with van der Waals surface area (Å²) in [6.07, 6.45) is 0.491. The molecule has 17 heavy (non-hydrogen) atoms. The van der Waals surface area contributed by atoms with Gasteiger partial charge in [0, 0.05) is 13.1 Å². The normalized spacial score (nSPS) is 27.0. The summed E-state index contributed by atoms with van der Waals surface area (Å²) >= 11 is 0. The summed E-state index contributed by atoms with van der Waals surface area (Å²) in [6.45, 7) is 8.12. The van der Waals surface area contributed by atoms with Gasteiger partial charge >= 0.3 is 5.97 Å². The van der Waals surface area contributed by atoms with Crippen molar-refractivity contribution in [1.29, 1.82) is 0 Å². The highest BCUT2D eigenvalue weighted by Gasteiger charge is 2.44. The van der Waals surface area contributed by atoms with Gasteiger partial charge in [-0.15, -0.1) is 0 Å². The van der Waals surface area contributed by atoms with E-state index in [0.29, 0.717) is 13.0 Å². The number of hydrogen-bond acceptors (Lipinski definition) is 3. The molecule has 0 saturated carbocycles. The monoisotopic (exact) mass is 242 g/mol. The van der Waals surface area contributed by atoms with Gasteiger partial charge in [-0.2, -0.15) is 0 Å². The second kappa shape index (κ2) is 4.29. The molecule has 2 atom stereocenters. The van der Waals surface area contributed by atoms with Gasteiger partial charge < -0.3 is 15.7 Å². The standard InChI is InChI=1S/C12H22N2O3/c1-11(2,3)8(13)9(15)14-6-5-12(4,7-14)10(16)17/h8H,5-7,13H2,1-4H3,(H,16,17). The molecule has 3 N–H and O–H groups in total. The fourth-order valence-electron chi connectivity index (χ4n) is 1.89. The second-order valence-corrected chi connectivity index (χ2v) is 6.22. The number of carbonyl (C=O) groups is 2. The number of nitrogens with zero attached hydrogens (tertiary/aromatic N) is 1. The second-order valence-electron chi connectivity index (χ2n) is 6.22. The maximum absolute atomic E-state index is 12.1. The van der Waals surface area contributed by atoms with E-state index < -0.39 is 17.4 Å². The largest absolute Gasteiger partial charge is 0.481 e. The summed E-state index contributed by atoms with van der Waals surface area (Å²) < 4.78 is 0. The van der Waals surface area contributed by atoms with Crippen LogP contribution < -0.4 is 5.73 Å². The van der Waals surface area contributed by atoms with Crippen molar-refractivity contribution in [3.8, 4) is 0 Å². The van der Waals surface area contributed by atoms with E-state index in [1.807, 2.05) is 20.8 Å². The predicted octanol–water partition coefficient (Wildman–Crippen LogP) is 0.683. The van der Waals surface area contributed by atoms with Gasteiger partial charge in [-0.05, 0) is 18.8 Å². The first kappa shape index (κ1) is 14.0. The molecule has 98 valence electrons. The molecule has 0 aliphatic carbocycles. The Balaban J connectivity index is 2.73. The number of nitrogens with two attached hydrogens (primary N) is 1. The fourth-order valence-corrected chi connectivity index (χ4v) is 1.89. The average Bonchev–Trinajstić information content (AvgIpc) is 2.59. The molecule has 1 aliphatic rings. The summed E-state index contributed by atoms with van der Waals surface area (Å²) in [6, 6.07) is -0.585. The maximum Gasteiger partial charge on any atom is 0.311 e. The van der Waals surface area contributed by atoms with Crippen molar-refractivity contribution in [3.63, 3.8) is 0 Å². The van der Waals surface area contributed by atoms with Crippen LogP contribution in [0.25, 0.3) is 0 Å². The number of likely N-dealkylation sites (tertiary alicyclic amines) is 1. The zero-order chi connectivity index (χ0) is 13.4. The van der Waals surface area contributed by atoms with Crippen LogP contribution in [-0.2, 0) is 9.59 Å². The highest BCUT2D eigenvalue weighted by molar-refractivity contribution is 5.84. The molecule has 0 bridgehead atoms. The minimum atomic E-state index is -0.850. The van der Waals surface area contributed by atoms with Crippen LogP contribution >= 0.6 is 0 Å². The van der Waals surface area contributed by atoms with E-state index in [0.717, 1.165) is 0 Å². The Morgan fingerprint density at radius 2 is 1.94 bits per heavy atom. The first-order valence-electron chi connectivity index (χ1n) is 5.86. The number of amides is 1. The Morgan fingerprint density at radius 1 is 1.41 bits per heavy atom. The zero-order valence-electron chi connectivity index (χ0n) is 11.0. The fraction of sp³-hybridized carbons (Fsp3) is 0.833. The highest BCUT2D eigenvalue weighted by atomic mass is 16.4. The molecule has 0 radical (unpaired) electrons. The smallest absolute Gasteiger partial charge is 0.311 e. The lowest BCUT2D eigenvalue weighted by atomic mass is 9.86. The van der Waals surface area contributed by atoms with E-state index >= 15 is 0 Å². The summed E-state index contributed by atoms with van der Waals surface area (Å²) in [4.78, 5) is 24.8. The van der Waals surface area contributed by atoms with Crippen molar-refractivity contribution >= 4 is 11.9 Å². The van der Waals surface area contributed by atoms with E-state index in [4.69, 9.17) is 10.8 Å². The molecule has 1 fully saturated rings. The molecule has 0 aromatic carbocycles. The predicted molar refractivity (Wildman–Crippen MR) is 64.4 cm³/mol. The van der Waals surface area contributed by atoms with Gasteiger partial charge in [0.05, 0.1) is 11.5 Å². The third kappa shape index (κ3) is 2.77. The van der Waals surface area contributed by atoms with Crippen LogP contribution in [0.1, 0.15) is 34.1 Å². The molecule has 0 spiro atoms. The minimum Gasteiger partial charge on any atom is -0.481 e. The van der Waals surface area contributed by atoms with E-state index in [1.165, 1.54) is 0 Å². The van der Waals surface area contributed by atoms with Crippen molar-refractivity contribution in [3.05, 3.63) is 0 Å². The molecular weight excluding hydrogens is 220 g/mol. The zero-order valence-corrected chi connectivity index (χ0v) is 11.0. The van der Waals surface area contributed by atoms with E-state index in [2.05, 4.69) is 0 Å². The Bertz CT molecular complexity index is 335. The lowest BCUT2D eigenvalue weighted by Gasteiger charge is -2.30. The molecule has 0 aromatic rings. The SMILES string of the molecule is CC1(C(=O)O)CCN(C(=O)C(N)C(C)(C)C)C1. The third-order valence-corrected chi connectivity index (χ3v) is 3.50. The van der Waals surface area contributed by atoms with Gasteiger partial charge in [-0.1, -0.05) is 20.8 Å². The number of rotatable bonds is 2. The van der Waals surface area contributed by atoms with E-state index in [-0.39, 0.29) is 17.9 Å². The average molecular weight is 242 g/mol. The van der Waals surface area contributed by atoms with Gasteiger partial charge in [-0.3, -0.25) is 9.59 Å². The van der Waals surface area contributed by atoms with Crippen LogP contribution in [0, 0.1) is 10.8 Å². The van der Waals surface area contributed by atoms with Crippen molar-refractivity contribution < 1.29 is 14.7 Å². The number of aliphatic carboxylic acids is 1. The summed E-state index contributed by atoms with van der Waals surface area (Å²) in [5.41, 5.74) is 4.77. The molecular formula is C12H22N2O3. The van der Waals surface area contributed by atoms with Crippen molar-refractivity contribution in [2.45, 2.75) is 40.2 Å². The van der Waals surface area contributed by atoms with E-state index in [1.54, 1.807) is 11.8 Å². The Labute approximate surface area is 102 Å². The lowest BCUT2D eigenvalue weighted by Crippen LogP contribution is -2.50. The van der Waals surface area contributed by atoms with Crippen LogP contribution in [0.2, 0.25) is 0 Å². The topological polar surface area (TPSA) is 83.6 Å². The van der Waals surface area contributed by atoms with Gasteiger partial charge in [-0.25, -0.2) is 0 Å².